The molecule has 1 aliphatic rings. The number of hydrogen-bond acceptors (Lipinski definition) is 4. The van der Waals surface area contributed by atoms with Crippen molar-refractivity contribution in [2.75, 3.05) is 13.7 Å². The SMILES string of the molecule is COC(=O)C(NC1CCCCNC1=O)c1ccccc1. The van der Waals surface area contributed by atoms with Gasteiger partial charge in [-0.25, -0.2) is 4.79 Å². The Labute approximate surface area is 118 Å². The van der Waals surface area contributed by atoms with Crippen molar-refractivity contribution in [2.24, 2.45) is 0 Å². The third kappa shape index (κ3) is 3.57. The smallest absolute Gasteiger partial charge is 0.327 e. The van der Waals surface area contributed by atoms with Gasteiger partial charge in [-0.1, -0.05) is 30.3 Å². The third-order valence-corrected chi connectivity index (χ3v) is 3.47. The summed E-state index contributed by atoms with van der Waals surface area (Å²) in [5.74, 6) is -0.430. The van der Waals surface area contributed by atoms with Gasteiger partial charge in [-0.05, 0) is 24.8 Å². The highest BCUT2D eigenvalue weighted by Crippen LogP contribution is 2.17. The molecule has 2 atom stereocenters. The molecule has 0 aromatic heterocycles. The summed E-state index contributed by atoms with van der Waals surface area (Å²) in [6.07, 6.45) is 2.66. The summed E-state index contributed by atoms with van der Waals surface area (Å²) in [4.78, 5) is 23.9. The second-order valence-electron chi connectivity index (χ2n) is 4.87. The molecule has 2 unspecified atom stereocenters. The number of ether oxygens (including phenoxy) is 1. The first kappa shape index (κ1) is 14.5. The van der Waals surface area contributed by atoms with Crippen LogP contribution in [0.4, 0.5) is 0 Å². The minimum atomic E-state index is -0.616. The van der Waals surface area contributed by atoms with E-state index in [2.05, 4.69) is 10.6 Å². The maximum Gasteiger partial charge on any atom is 0.327 e. The Balaban J connectivity index is 2.15. The van der Waals surface area contributed by atoms with Gasteiger partial charge in [-0.2, -0.15) is 0 Å². The minimum absolute atomic E-state index is 0.0488. The van der Waals surface area contributed by atoms with E-state index in [0.29, 0.717) is 6.54 Å². The van der Waals surface area contributed by atoms with Gasteiger partial charge in [0.25, 0.3) is 0 Å². The first-order valence-electron chi connectivity index (χ1n) is 6.89. The standard InChI is InChI=1S/C15H20N2O3/c1-20-15(19)13(11-7-3-2-4-8-11)17-12-9-5-6-10-16-14(12)18/h2-4,7-8,12-13,17H,5-6,9-10H2,1H3,(H,16,18). The maximum atomic E-state index is 12.0. The van der Waals surface area contributed by atoms with E-state index in [-0.39, 0.29) is 17.9 Å². The number of carbonyl (C=O) groups excluding carboxylic acids is 2. The van der Waals surface area contributed by atoms with E-state index in [1.54, 1.807) is 0 Å². The summed E-state index contributed by atoms with van der Waals surface area (Å²) in [6, 6.07) is 8.33. The van der Waals surface area contributed by atoms with E-state index in [1.165, 1.54) is 7.11 Å². The van der Waals surface area contributed by atoms with Crippen LogP contribution >= 0.6 is 0 Å². The quantitative estimate of drug-likeness (QED) is 0.810. The zero-order chi connectivity index (χ0) is 14.4. The lowest BCUT2D eigenvalue weighted by Crippen LogP contribution is -2.46. The summed E-state index contributed by atoms with van der Waals surface area (Å²) in [6.45, 7) is 0.700. The number of benzene rings is 1. The molecule has 0 saturated carbocycles. The highest BCUT2D eigenvalue weighted by molar-refractivity contribution is 5.84. The van der Waals surface area contributed by atoms with Gasteiger partial charge in [0.1, 0.15) is 6.04 Å². The summed E-state index contributed by atoms with van der Waals surface area (Å²) >= 11 is 0. The molecule has 1 amide bonds. The lowest BCUT2D eigenvalue weighted by molar-refractivity contribution is -0.143. The maximum absolute atomic E-state index is 12.0. The Morgan fingerprint density at radius 2 is 2.10 bits per heavy atom. The van der Waals surface area contributed by atoms with Crippen LogP contribution in [0.25, 0.3) is 0 Å². The molecule has 108 valence electrons. The van der Waals surface area contributed by atoms with Crippen molar-refractivity contribution < 1.29 is 14.3 Å². The predicted octanol–water partition coefficient (Wildman–Crippen LogP) is 1.16. The van der Waals surface area contributed by atoms with Gasteiger partial charge >= 0.3 is 5.97 Å². The molecule has 5 nitrogen and oxygen atoms in total. The zero-order valence-corrected chi connectivity index (χ0v) is 11.6. The Bertz CT molecular complexity index is 461. The fourth-order valence-electron chi connectivity index (χ4n) is 2.36. The number of carbonyl (C=O) groups is 2. The van der Waals surface area contributed by atoms with Crippen molar-refractivity contribution in [3.63, 3.8) is 0 Å². The Kier molecular flexibility index (Phi) is 5.12. The van der Waals surface area contributed by atoms with E-state index < -0.39 is 6.04 Å². The molecule has 2 rings (SSSR count). The number of rotatable bonds is 4. The number of nitrogens with one attached hydrogen (secondary N) is 2. The fraction of sp³-hybridized carbons (Fsp3) is 0.467. The van der Waals surface area contributed by atoms with Gasteiger partial charge in [0.2, 0.25) is 5.91 Å². The second-order valence-corrected chi connectivity index (χ2v) is 4.87. The Morgan fingerprint density at radius 3 is 2.80 bits per heavy atom. The molecular formula is C15H20N2O3. The second kappa shape index (κ2) is 7.05. The van der Waals surface area contributed by atoms with Crippen LogP contribution in [0, 0.1) is 0 Å². The fourth-order valence-corrected chi connectivity index (χ4v) is 2.36. The van der Waals surface area contributed by atoms with Crippen LogP contribution in [0.5, 0.6) is 0 Å². The van der Waals surface area contributed by atoms with Crippen LogP contribution in [-0.2, 0) is 14.3 Å². The van der Waals surface area contributed by atoms with Gasteiger partial charge in [-0.15, -0.1) is 0 Å². The van der Waals surface area contributed by atoms with Crippen LogP contribution in [0.2, 0.25) is 0 Å². The van der Waals surface area contributed by atoms with Crippen molar-refractivity contribution >= 4 is 11.9 Å². The monoisotopic (exact) mass is 276 g/mol. The van der Waals surface area contributed by atoms with Crippen LogP contribution in [0.15, 0.2) is 30.3 Å². The average Bonchev–Trinajstić information content (AvgIpc) is 2.69. The molecular weight excluding hydrogens is 256 g/mol. The van der Waals surface area contributed by atoms with Gasteiger partial charge < -0.3 is 10.1 Å². The van der Waals surface area contributed by atoms with Gasteiger partial charge in [-0.3, -0.25) is 10.1 Å². The summed E-state index contributed by atoms with van der Waals surface area (Å²) in [5, 5.41) is 5.98. The van der Waals surface area contributed by atoms with E-state index in [9.17, 15) is 9.59 Å². The molecule has 0 bridgehead atoms. The normalized spacial score (nSPS) is 20.6. The molecule has 2 N–H and O–H groups in total. The first-order valence-corrected chi connectivity index (χ1v) is 6.89. The molecule has 0 aliphatic carbocycles. The predicted molar refractivity (Wildman–Crippen MR) is 75.0 cm³/mol. The summed E-state index contributed by atoms with van der Waals surface area (Å²) in [7, 11) is 1.35. The molecule has 1 aromatic rings. The van der Waals surface area contributed by atoms with Gasteiger partial charge in [0.15, 0.2) is 0 Å². The van der Waals surface area contributed by atoms with Gasteiger partial charge in [0.05, 0.1) is 13.2 Å². The largest absolute Gasteiger partial charge is 0.468 e. The lowest BCUT2D eigenvalue weighted by atomic mass is 10.0. The highest BCUT2D eigenvalue weighted by Gasteiger charge is 2.28. The van der Waals surface area contributed by atoms with Crippen molar-refractivity contribution in [3.05, 3.63) is 35.9 Å². The van der Waals surface area contributed by atoms with Crippen molar-refractivity contribution in [1.29, 1.82) is 0 Å². The first-order chi connectivity index (χ1) is 9.72. The Morgan fingerprint density at radius 1 is 1.35 bits per heavy atom. The van der Waals surface area contributed by atoms with Crippen LogP contribution < -0.4 is 10.6 Å². The van der Waals surface area contributed by atoms with E-state index in [0.717, 1.165) is 24.8 Å². The molecule has 20 heavy (non-hydrogen) atoms. The lowest BCUT2D eigenvalue weighted by Gasteiger charge is -2.22. The third-order valence-electron chi connectivity index (χ3n) is 3.47. The molecule has 1 aliphatic heterocycles. The van der Waals surface area contributed by atoms with Crippen molar-refractivity contribution in [3.8, 4) is 0 Å². The highest BCUT2D eigenvalue weighted by atomic mass is 16.5. The molecule has 1 saturated heterocycles. The van der Waals surface area contributed by atoms with Crippen LogP contribution in [0.3, 0.4) is 0 Å². The topological polar surface area (TPSA) is 67.4 Å². The van der Waals surface area contributed by atoms with Gasteiger partial charge in [0, 0.05) is 6.54 Å². The number of hydrogen-bond donors (Lipinski definition) is 2. The van der Waals surface area contributed by atoms with Crippen LogP contribution in [-0.4, -0.2) is 31.6 Å². The number of amides is 1. The van der Waals surface area contributed by atoms with Crippen LogP contribution in [0.1, 0.15) is 30.9 Å². The minimum Gasteiger partial charge on any atom is -0.468 e. The van der Waals surface area contributed by atoms with E-state index in [1.807, 2.05) is 30.3 Å². The van der Waals surface area contributed by atoms with E-state index in [4.69, 9.17) is 4.74 Å². The summed E-state index contributed by atoms with van der Waals surface area (Å²) in [5.41, 5.74) is 0.802. The number of methoxy groups -OCH3 is 1. The molecule has 1 fully saturated rings. The molecule has 0 spiro atoms. The average molecular weight is 276 g/mol. The van der Waals surface area contributed by atoms with E-state index >= 15 is 0 Å². The summed E-state index contributed by atoms with van der Waals surface area (Å²) < 4.78 is 4.84. The Hall–Kier alpha value is -1.88. The number of esters is 1. The van der Waals surface area contributed by atoms with Crippen molar-refractivity contribution in [2.45, 2.75) is 31.3 Å². The molecule has 1 heterocycles. The zero-order valence-electron chi connectivity index (χ0n) is 11.6. The molecule has 1 aromatic carbocycles. The van der Waals surface area contributed by atoms with Crippen molar-refractivity contribution in [1.82, 2.24) is 10.6 Å². The molecule has 5 heteroatoms. The molecule has 0 radical (unpaired) electrons.